The maximum Gasteiger partial charge on any atom is 0.201 e. The van der Waals surface area contributed by atoms with Crippen LogP contribution in [0.5, 0.6) is 5.75 Å². The van der Waals surface area contributed by atoms with Crippen molar-refractivity contribution in [3.8, 4) is 28.0 Å². The fourth-order valence-corrected chi connectivity index (χ4v) is 3.78. The number of halogens is 3. The van der Waals surface area contributed by atoms with Gasteiger partial charge in [0.1, 0.15) is 13.7 Å². The van der Waals surface area contributed by atoms with Gasteiger partial charge in [0.15, 0.2) is 17.9 Å². The maximum absolute atomic E-state index is 14.9. The fourth-order valence-electron chi connectivity index (χ4n) is 3.78. The van der Waals surface area contributed by atoms with Gasteiger partial charge in [-0.3, -0.25) is 0 Å². The van der Waals surface area contributed by atoms with Crippen LogP contribution in [0.1, 0.15) is 18.4 Å². The molecule has 0 unspecified atom stereocenters. The molecule has 0 N–H and O–H groups in total. The summed E-state index contributed by atoms with van der Waals surface area (Å²) >= 11 is 0. The highest BCUT2D eigenvalue weighted by Crippen LogP contribution is 2.33. The zero-order chi connectivity index (χ0) is 23.4. The summed E-state index contributed by atoms with van der Waals surface area (Å²) in [5.41, 5.74) is 2.36. The van der Waals surface area contributed by atoms with Gasteiger partial charge in [0.2, 0.25) is 5.82 Å². The van der Waals surface area contributed by atoms with E-state index in [9.17, 15) is 13.2 Å². The van der Waals surface area contributed by atoms with Crippen LogP contribution < -0.4 is 4.74 Å². The van der Waals surface area contributed by atoms with Crippen LogP contribution in [0.25, 0.3) is 22.3 Å². The van der Waals surface area contributed by atoms with E-state index in [0.717, 1.165) is 5.56 Å². The van der Waals surface area contributed by atoms with Gasteiger partial charge in [-0.1, -0.05) is 42.5 Å². The van der Waals surface area contributed by atoms with Crippen molar-refractivity contribution in [2.75, 3.05) is 19.7 Å². The molecule has 1 saturated heterocycles. The second-order valence-electron chi connectivity index (χ2n) is 7.62. The molecule has 1 aliphatic heterocycles. The van der Waals surface area contributed by atoms with Crippen LogP contribution in [0.15, 0.2) is 66.7 Å². The summed E-state index contributed by atoms with van der Waals surface area (Å²) in [6.07, 6.45) is 3.32. The van der Waals surface area contributed by atoms with Crippen LogP contribution in [-0.4, -0.2) is 33.9 Å². The number of hydrogen-bond donors (Lipinski definition) is 0. The minimum atomic E-state index is -1.10. The molecule has 4 rings (SSSR count). The summed E-state index contributed by atoms with van der Waals surface area (Å²) in [4.78, 5) is 0. The Balaban J connectivity index is 1.52. The van der Waals surface area contributed by atoms with Gasteiger partial charge in [0.25, 0.3) is 0 Å². The Bertz CT molecular complexity index is 1140. The minimum Gasteiger partial charge on any atom is -0.500 e. The van der Waals surface area contributed by atoms with Crippen molar-refractivity contribution in [2.45, 2.75) is 19.1 Å². The van der Waals surface area contributed by atoms with E-state index in [-0.39, 0.29) is 35.8 Å². The van der Waals surface area contributed by atoms with Crippen LogP contribution in [0.3, 0.4) is 0 Å². The molecular weight excluding hydrogens is 428 g/mol. The fraction of sp³-hybridized carbons (Fsp3) is 0.231. The molecule has 0 atom stereocenters. The van der Waals surface area contributed by atoms with Crippen LogP contribution in [0.2, 0.25) is 0 Å². The van der Waals surface area contributed by atoms with E-state index < -0.39 is 11.6 Å². The van der Waals surface area contributed by atoms with Crippen molar-refractivity contribution in [3.63, 3.8) is 0 Å². The number of rotatable bonds is 6. The lowest BCUT2D eigenvalue weighted by molar-refractivity contribution is -0.159. The second-order valence-corrected chi connectivity index (χ2v) is 7.62. The highest BCUT2D eigenvalue weighted by atomic mass is 19.2. The van der Waals surface area contributed by atoms with Gasteiger partial charge < -0.3 is 14.2 Å². The van der Waals surface area contributed by atoms with E-state index in [1.165, 1.54) is 18.2 Å². The Morgan fingerprint density at radius 3 is 2.15 bits per heavy atom. The van der Waals surface area contributed by atoms with E-state index in [1.807, 2.05) is 25.1 Å². The Morgan fingerprint density at radius 2 is 1.55 bits per heavy atom. The van der Waals surface area contributed by atoms with Crippen LogP contribution in [0, 0.1) is 17.5 Å². The SMILES string of the molecule is [B]COc1ccc(-c2ccc(-c3ccc(C4COC(/C=C/C)OC4)cc3F)cc2)c(F)c1F. The highest BCUT2D eigenvalue weighted by molar-refractivity contribution is 6.08. The molecule has 0 spiro atoms. The van der Waals surface area contributed by atoms with Gasteiger partial charge in [-0.2, -0.15) is 4.39 Å². The standard InChI is InChI=1S/C26H22BF3O3/c1-2-3-24-31-13-19(14-32-24)18-8-9-20(22(28)12-18)16-4-6-17(7-5-16)21-10-11-23(33-15-27)26(30)25(21)29/h2-12,19,24H,13-15H2,1H3/b3-2+. The number of benzene rings is 3. The van der Waals surface area contributed by atoms with E-state index >= 15 is 0 Å². The van der Waals surface area contributed by atoms with Gasteiger partial charge in [0.05, 0.1) is 13.2 Å². The van der Waals surface area contributed by atoms with E-state index in [0.29, 0.717) is 29.9 Å². The molecule has 3 aromatic rings. The zero-order valence-electron chi connectivity index (χ0n) is 18.1. The molecule has 33 heavy (non-hydrogen) atoms. The third-order valence-corrected chi connectivity index (χ3v) is 5.53. The van der Waals surface area contributed by atoms with E-state index in [1.54, 1.807) is 30.3 Å². The first-order valence-electron chi connectivity index (χ1n) is 10.6. The Hall–Kier alpha value is -3.03. The molecule has 0 aromatic heterocycles. The number of allylic oxidation sites excluding steroid dienone is 1. The van der Waals surface area contributed by atoms with Crippen molar-refractivity contribution < 1.29 is 27.4 Å². The van der Waals surface area contributed by atoms with E-state index in [2.05, 4.69) is 0 Å². The van der Waals surface area contributed by atoms with Crippen molar-refractivity contribution in [2.24, 2.45) is 0 Å². The van der Waals surface area contributed by atoms with E-state index in [4.69, 9.17) is 22.1 Å². The van der Waals surface area contributed by atoms with Gasteiger partial charge in [-0.25, -0.2) is 8.78 Å². The quantitative estimate of drug-likeness (QED) is 0.342. The van der Waals surface area contributed by atoms with Crippen molar-refractivity contribution >= 4 is 7.85 Å². The Kier molecular flexibility index (Phi) is 7.21. The normalized spacial score (nSPS) is 18.5. The summed E-state index contributed by atoms with van der Waals surface area (Å²) in [6, 6.07) is 14.4. The zero-order valence-corrected chi connectivity index (χ0v) is 18.1. The predicted octanol–water partition coefficient (Wildman–Crippen LogP) is 5.98. The molecule has 0 bridgehead atoms. The van der Waals surface area contributed by atoms with Gasteiger partial charge in [-0.05, 0) is 47.9 Å². The smallest absolute Gasteiger partial charge is 0.201 e. The third kappa shape index (κ3) is 4.99. The first-order valence-corrected chi connectivity index (χ1v) is 10.6. The Labute approximate surface area is 192 Å². The average Bonchev–Trinajstić information content (AvgIpc) is 2.83. The van der Waals surface area contributed by atoms with Crippen LogP contribution in [-0.2, 0) is 9.47 Å². The lowest BCUT2D eigenvalue weighted by Gasteiger charge is -2.28. The summed E-state index contributed by atoms with van der Waals surface area (Å²) in [6.45, 7) is 2.52. The first-order chi connectivity index (χ1) is 16.0. The lowest BCUT2D eigenvalue weighted by atomic mass is 9.95. The largest absolute Gasteiger partial charge is 0.500 e. The monoisotopic (exact) mass is 450 g/mol. The summed E-state index contributed by atoms with van der Waals surface area (Å²) in [7, 11) is 5.22. The van der Waals surface area contributed by atoms with Gasteiger partial charge in [0, 0.05) is 23.6 Å². The molecule has 3 aromatic carbocycles. The molecule has 1 heterocycles. The molecule has 0 amide bonds. The number of ether oxygens (including phenoxy) is 3. The molecule has 168 valence electrons. The molecule has 0 saturated carbocycles. The second kappa shape index (κ2) is 10.3. The lowest BCUT2D eigenvalue weighted by Crippen LogP contribution is -2.29. The average molecular weight is 450 g/mol. The summed E-state index contributed by atoms with van der Waals surface area (Å²) in [5.74, 6) is -2.81. The third-order valence-electron chi connectivity index (χ3n) is 5.53. The minimum absolute atomic E-state index is 0.0541. The van der Waals surface area contributed by atoms with Crippen molar-refractivity contribution in [1.29, 1.82) is 0 Å². The van der Waals surface area contributed by atoms with Crippen molar-refractivity contribution in [1.82, 2.24) is 0 Å². The topological polar surface area (TPSA) is 27.7 Å². The summed E-state index contributed by atoms with van der Waals surface area (Å²) in [5, 5.41) is 0. The molecule has 1 fully saturated rings. The van der Waals surface area contributed by atoms with Crippen LogP contribution in [0.4, 0.5) is 13.2 Å². The molecule has 2 radical (unpaired) electrons. The molecular formula is C26H22BF3O3. The van der Waals surface area contributed by atoms with Crippen LogP contribution >= 0.6 is 0 Å². The van der Waals surface area contributed by atoms with Crippen molar-refractivity contribution in [3.05, 3.63) is 89.8 Å². The predicted molar refractivity (Wildman–Crippen MR) is 122 cm³/mol. The molecule has 7 heteroatoms. The Morgan fingerprint density at radius 1 is 0.909 bits per heavy atom. The first kappa shape index (κ1) is 23.1. The van der Waals surface area contributed by atoms with Gasteiger partial charge in [-0.15, -0.1) is 0 Å². The highest BCUT2D eigenvalue weighted by Gasteiger charge is 2.23. The van der Waals surface area contributed by atoms with Gasteiger partial charge >= 0.3 is 0 Å². The molecule has 0 aliphatic carbocycles. The molecule has 1 aliphatic rings. The number of hydrogen-bond acceptors (Lipinski definition) is 3. The maximum atomic E-state index is 14.9. The summed E-state index contributed by atoms with van der Waals surface area (Å²) < 4.78 is 59.7. The molecule has 3 nitrogen and oxygen atoms in total.